The fourth-order valence-corrected chi connectivity index (χ4v) is 2.75. The van der Waals surface area contributed by atoms with Crippen molar-refractivity contribution in [1.29, 1.82) is 0 Å². The van der Waals surface area contributed by atoms with Gasteiger partial charge in [0.05, 0.1) is 12.2 Å². The van der Waals surface area contributed by atoms with Gasteiger partial charge in [-0.25, -0.2) is 0 Å². The van der Waals surface area contributed by atoms with Gasteiger partial charge in [-0.1, -0.05) is 12.1 Å². The molecule has 1 aliphatic carbocycles. The summed E-state index contributed by atoms with van der Waals surface area (Å²) >= 11 is 0. The molecule has 0 bridgehead atoms. The van der Waals surface area contributed by atoms with Crippen LogP contribution >= 0.6 is 0 Å². The number of hydrazine groups is 1. The molecule has 20 heavy (non-hydrogen) atoms. The molecule has 4 heteroatoms. The van der Waals surface area contributed by atoms with Crippen LogP contribution in [0.4, 0.5) is 0 Å². The van der Waals surface area contributed by atoms with Gasteiger partial charge >= 0.3 is 0 Å². The zero-order chi connectivity index (χ0) is 13.8. The topological polar surface area (TPSA) is 56.5 Å². The first-order chi connectivity index (χ1) is 9.85. The van der Waals surface area contributed by atoms with Crippen LogP contribution in [0, 0.1) is 0 Å². The van der Waals surface area contributed by atoms with Crippen molar-refractivity contribution >= 4 is 0 Å². The minimum Gasteiger partial charge on any atom is -0.490 e. The fraction of sp³-hybridized carbons (Fsp3) is 0.625. The van der Waals surface area contributed by atoms with Crippen LogP contribution in [-0.4, -0.2) is 18.8 Å². The molecule has 0 amide bonds. The number of ether oxygens (including phenoxy) is 2. The Morgan fingerprint density at radius 2 is 2.25 bits per heavy atom. The molecule has 0 aromatic heterocycles. The molecule has 1 saturated carbocycles. The number of nitrogens with two attached hydrogens (primary N) is 1. The number of nitrogens with one attached hydrogen (secondary N) is 1. The van der Waals surface area contributed by atoms with Gasteiger partial charge in [0.15, 0.2) is 0 Å². The summed E-state index contributed by atoms with van der Waals surface area (Å²) in [4.78, 5) is 0. The van der Waals surface area contributed by atoms with Gasteiger partial charge < -0.3 is 9.47 Å². The molecule has 2 atom stereocenters. The molecule has 1 aliphatic heterocycles. The van der Waals surface area contributed by atoms with Crippen molar-refractivity contribution in [2.75, 3.05) is 6.61 Å². The Morgan fingerprint density at radius 3 is 2.95 bits per heavy atom. The molecule has 1 saturated heterocycles. The zero-order valence-corrected chi connectivity index (χ0v) is 11.9. The molecule has 3 N–H and O–H groups in total. The molecule has 1 aromatic rings. The Bertz CT molecular complexity index is 428. The van der Waals surface area contributed by atoms with E-state index in [1.807, 2.05) is 12.1 Å². The van der Waals surface area contributed by atoms with E-state index in [4.69, 9.17) is 15.3 Å². The van der Waals surface area contributed by atoms with Gasteiger partial charge in [0.1, 0.15) is 5.75 Å². The fourth-order valence-electron chi connectivity index (χ4n) is 2.75. The van der Waals surface area contributed by atoms with Gasteiger partial charge in [0.2, 0.25) is 0 Å². The number of rotatable bonds is 7. The van der Waals surface area contributed by atoms with Crippen LogP contribution < -0.4 is 16.0 Å². The molecule has 2 fully saturated rings. The van der Waals surface area contributed by atoms with Gasteiger partial charge in [-0.05, 0) is 56.2 Å². The van der Waals surface area contributed by atoms with Crippen molar-refractivity contribution in [2.45, 2.75) is 56.8 Å². The summed E-state index contributed by atoms with van der Waals surface area (Å²) in [5, 5.41) is 0. The van der Waals surface area contributed by atoms with E-state index in [2.05, 4.69) is 17.6 Å². The van der Waals surface area contributed by atoms with E-state index in [9.17, 15) is 0 Å². The summed E-state index contributed by atoms with van der Waals surface area (Å²) in [6.07, 6.45) is 7.64. The smallest absolute Gasteiger partial charge is 0.120 e. The Morgan fingerprint density at radius 1 is 1.35 bits per heavy atom. The predicted molar refractivity (Wildman–Crippen MR) is 78.4 cm³/mol. The van der Waals surface area contributed by atoms with Crippen LogP contribution in [0.2, 0.25) is 0 Å². The van der Waals surface area contributed by atoms with Crippen LogP contribution in [0.1, 0.15) is 50.1 Å². The van der Waals surface area contributed by atoms with Gasteiger partial charge in [-0.3, -0.25) is 11.3 Å². The predicted octanol–water partition coefficient (Wildman–Crippen LogP) is 2.69. The van der Waals surface area contributed by atoms with E-state index in [-0.39, 0.29) is 6.04 Å². The maximum Gasteiger partial charge on any atom is 0.120 e. The van der Waals surface area contributed by atoms with E-state index in [1.54, 1.807) is 0 Å². The second-order valence-corrected chi connectivity index (χ2v) is 5.82. The summed E-state index contributed by atoms with van der Waals surface area (Å²) in [6, 6.07) is 8.46. The molecule has 0 spiro atoms. The zero-order valence-electron chi connectivity index (χ0n) is 11.9. The first kappa shape index (κ1) is 13.9. The summed E-state index contributed by atoms with van der Waals surface area (Å²) in [5.74, 6) is 6.68. The second kappa shape index (κ2) is 6.57. The van der Waals surface area contributed by atoms with E-state index in [0.29, 0.717) is 12.2 Å². The Balaban J connectivity index is 1.58. The molecule has 3 rings (SSSR count). The first-order valence-corrected chi connectivity index (χ1v) is 7.69. The van der Waals surface area contributed by atoms with E-state index in [0.717, 1.165) is 25.2 Å². The van der Waals surface area contributed by atoms with Gasteiger partial charge in [0, 0.05) is 12.6 Å². The lowest BCUT2D eigenvalue weighted by atomic mass is 9.99. The maximum absolute atomic E-state index is 5.85. The van der Waals surface area contributed by atoms with Crippen molar-refractivity contribution in [2.24, 2.45) is 5.84 Å². The van der Waals surface area contributed by atoms with Crippen molar-refractivity contribution < 1.29 is 9.47 Å². The molecule has 1 aromatic carbocycles. The quantitative estimate of drug-likeness (QED) is 0.594. The number of hydrogen-bond donors (Lipinski definition) is 2. The molecule has 110 valence electrons. The van der Waals surface area contributed by atoms with Crippen molar-refractivity contribution in [3.05, 3.63) is 29.8 Å². The standard InChI is InChI=1S/C16H24N2O2/c17-18-16(9-8-13-5-2-10-19-13)12-3-1-4-15(11-12)20-14-6-7-14/h1,3-4,11,13-14,16,18H,2,5-10,17H2. The van der Waals surface area contributed by atoms with Gasteiger partial charge in [-0.15, -0.1) is 0 Å². The lowest BCUT2D eigenvalue weighted by molar-refractivity contribution is 0.0996. The molecule has 1 heterocycles. The highest BCUT2D eigenvalue weighted by atomic mass is 16.5. The van der Waals surface area contributed by atoms with Crippen LogP contribution in [0.25, 0.3) is 0 Å². The first-order valence-electron chi connectivity index (χ1n) is 7.69. The third kappa shape index (κ3) is 3.72. The van der Waals surface area contributed by atoms with Crippen LogP contribution in [0.3, 0.4) is 0 Å². The number of hydrogen-bond acceptors (Lipinski definition) is 4. The largest absolute Gasteiger partial charge is 0.490 e. The van der Waals surface area contributed by atoms with E-state index < -0.39 is 0 Å². The molecule has 2 aliphatic rings. The Labute approximate surface area is 120 Å². The van der Waals surface area contributed by atoms with Crippen LogP contribution in [0.5, 0.6) is 5.75 Å². The van der Waals surface area contributed by atoms with Crippen molar-refractivity contribution in [1.82, 2.24) is 5.43 Å². The lowest BCUT2D eigenvalue weighted by Crippen LogP contribution is -2.28. The Hall–Kier alpha value is -1.10. The van der Waals surface area contributed by atoms with Gasteiger partial charge in [-0.2, -0.15) is 0 Å². The lowest BCUT2D eigenvalue weighted by Gasteiger charge is -2.19. The highest BCUT2D eigenvalue weighted by molar-refractivity contribution is 5.31. The average Bonchev–Trinajstić information content (AvgIpc) is 3.13. The molecule has 4 nitrogen and oxygen atoms in total. The summed E-state index contributed by atoms with van der Waals surface area (Å²) in [6.45, 7) is 0.913. The molecule has 2 unspecified atom stereocenters. The minimum absolute atomic E-state index is 0.168. The third-order valence-corrected chi connectivity index (χ3v) is 4.09. The molecular weight excluding hydrogens is 252 g/mol. The van der Waals surface area contributed by atoms with Crippen LogP contribution in [-0.2, 0) is 4.74 Å². The third-order valence-electron chi connectivity index (χ3n) is 4.09. The monoisotopic (exact) mass is 276 g/mol. The van der Waals surface area contributed by atoms with E-state index >= 15 is 0 Å². The van der Waals surface area contributed by atoms with Crippen molar-refractivity contribution in [3.63, 3.8) is 0 Å². The van der Waals surface area contributed by atoms with Crippen molar-refractivity contribution in [3.8, 4) is 5.75 Å². The minimum atomic E-state index is 0.168. The SMILES string of the molecule is NNC(CCC1CCCO1)c1cccc(OC2CC2)c1. The normalized spacial score (nSPS) is 23.8. The second-order valence-electron chi connectivity index (χ2n) is 5.82. The Kier molecular flexibility index (Phi) is 4.55. The summed E-state index contributed by atoms with van der Waals surface area (Å²) in [7, 11) is 0. The maximum atomic E-state index is 5.85. The van der Waals surface area contributed by atoms with Gasteiger partial charge in [0.25, 0.3) is 0 Å². The highest BCUT2D eigenvalue weighted by Crippen LogP contribution is 2.29. The number of benzene rings is 1. The highest BCUT2D eigenvalue weighted by Gasteiger charge is 2.24. The average molecular weight is 276 g/mol. The summed E-state index contributed by atoms with van der Waals surface area (Å²) in [5.41, 5.74) is 4.13. The van der Waals surface area contributed by atoms with Crippen LogP contribution in [0.15, 0.2) is 24.3 Å². The summed E-state index contributed by atoms with van der Waals surface area (Å²) < 4.78 is 11.5. The molecule has 0 radical (unpaired) electrons. The van der Waals surface area contributed by atoms with E-state index in [1.165, 1.54) is 31.2 Å². The molecular formula is C16H24N2O2.